The van der Waals surface area contributed by atoms with E-state index in [1.54, 1.807) is 24.3 Å². The molecular formula is C15H17ClN2O3. The highest BCUT2D eigenvalue weighted by atomic mass is 35.5. The van der Waals surface area contributed by atoms with Gasteiger partial charge in [-0.3, -0.25) is 14.5 Å². The topological polar surface area (TPSA) is 69.6 Å². The molecule has 21 heavy (non-hydrogen) atoms. The lowest BCUT2D eigenvalue weighted by Gasteiger charge is -2.22. The molecule has 2 saturated heterocycles. The number of anilines is 1. The summed E-state index contributed by atoms with van der Waals surface area (Å²) in [6.45, 7) is 0.242. The molecule has 0 aliphatic carbocycles. The van der Waals surface area contributed by atoms with Crippen LogP contribution < -0.4 is 5.32 Å². The minimum atomic E-state index is -0.748. The Morgan fingerprint density at radius 1 is 1.38 bits per heavy atom. The number of halogens is 1. The maximum Gasteiger partial charge on any atom is 0.308 e. The average molecular weight is 309 g/mol. The maximum absolute atomic E-state index is 12.1. The predicted molar refractivity (Wildman–Crippen MR) is 79.3 cm³/mol. The molecule has 0 aromatic heterocycles. The summed E-state index contributed by atoms with van der Waals surface area (Å²) in [5.41, 5.74) is 0.661. The molecule has 2 fully saturated rings. The van der Waals surface area contributed by atoms with Crippen LogP contribution in [0, 0.1) is 5.92 Å². The van der Waals surface area contributed by atoms with Crippen LogP contribution in [0.3, 0.4) is 0 Å². The maximum atomic E-state index is 12.1. The molecule has 2 aliphatic rings. The monoisotopic (exact) mass is 308 g/mol. The van der Waals surface area contributed by atoms with E-state index in [0.29, 0.717) is 17.1 Å². The van der Waals surface area contributed by atoms with Crippen molar-refractivity contribution in [1.29, 1.82) is 0 Å². The quantitative estimate of drug-likeness (QED) is 0.895. The van der Waals surface area contributed by atoms with Crippen molar-refractivity contribution >= 4 is 29.2 Å². The highest BCUT2D eigenvalue weighted by Crippen LogP contribution is 2.41. The Bertz CT molecular complexity index is 578. The predicted octanol–water partition coefficient (Wildman–Crippen LogP) is 2.22. The molecule has 3 atom stereocenters. The number of carbonyl (C=O) groups excluding carboxylic acids is 1. The zero-order valence-electron chi connectivity index (χ0n) is 11.5. The van der Waals surface area contributed by atoms with Gasteiger partial charge in [0.25, 0.3) is 0 Å². The zero-order chi connectivity index (χ0) is 15.0. The second-order valence-electron chi connectivity index (χ2n) is 5.71. The van der Waals surface area contributed by atoms with Crippen LogP contribution in [-0.2, 0) is 9.59 Å². The first-order chi connectivity index (χ1) is 10.0. The molecule has 2 heterocycles. The van der Waals surface area contributed by atoms with Crippen molar-refractivity contribution < 1.29 is 14.7 Å². The molecule has 3 rings (SSSR count). The largest absolute Gasteiger partial charge is 0.481 e. The van der Waals surface area contributed by atoms with Crippen molar-refractivity contribution in [2.24, 2.45) is 5.92 Å². The third-order valence-corrected chi connectivity index (χ3v) is 4.67. The number of carbonyl (C=O) groups is 2. The van der Waals surface area contributed by atoms with E-state index in [0.717, 1.165) is 12.8 Å². The Labute approximate surface area is 127 Å². The molecule has 5 nitrogen and oxygen atoms in total. The van der Waals surface area contributed by atoms with E-state index >= 15 is 0 Å². The van der Waals surface area contributed by atoms with Crippen LogP contribution >= 0.6 is 11.6 Å². The van der Waals surface area contributed by atoms with Gasteiger partial charge < -0.3 is 10.4 Å². The van der Waals surface area contributed by atoms with Gasteiger partial charge in [0.1, 0.15) is 0 Å². The molecule has 1 aromatic carbocycles. The van der Waals surface area contributed by atoms with E-state index in [1.807, 2.05) is 4.90 Å². The minimum Gasteiger partial charge on any atom is -0.481 e. The first-order valence-corrected chi connectivity index (χ1v) is 7.46. The third kappa shape index (κ3) is 2.89. The molecule has 2 bridgehead atoms. The number of aliphatic carboxylic acids is 1. The molecule has 6 heteroatoms. The first kappa shape index (κ1) is 14.4. The summed E-state index contributed by atoms with van der Waals surface area (Å²) >= 11 is 5.88. The highest BCUT2D eigenvalue weighted by Gasteiger charge is 2.49. The summed E-state index contributed by atoms with van der Waals surface area (Å²) in [6, 6.07) is 7.22. The second-order valence-corrected chi connectivity index (χ2v) is 6.15. The Hall–Kier alpha value is -1.59. The van der Waals surface area contributed by atoms with E-state index in [2.05, 4.69) is 5.32 Å². The number of benzene rings is 1. The lowest BCUT2D eigenvalue weighted by Crippen LogP contribution is -2.38. The van der Waals surface area contributed by atoms with Crippen molar-refractivity contribution in [3.05, 3.63) is 29.3 Å². The number of amides is 1. The molecule has 2 N–H and O–H groups in total. The summed E-state index contributed by atoms with van der Waals surface area (Å²) in [6.07, 6.45) is 2.51. The average Bonchev–Trinajstić information content (AvgIpc) is 2.96. The van der Waals surface area contributed by atoms with Crippen molar-refractivity contribution in [2.45, 2.75) is 31.3 Å². The summed E-state index contributed by atoms with van der Waals surface area (Å²) in [7, 11) is 0. The fourth-order valence-corrected chi connectivity index (χ4v) is 3.74. The number of hydrogen-bond acceptors (Lipinski definition) is 3. The van der Waals surface area contributed by atoms with Crippen LogP contribution in [0.25, 0.3) is 0 Å². The lowest BCUT2D eigenvalue weighted by molar-refractivity contribution is -0.142. The minimum absolute atomic E-state index is 0.00221. The Morgan fingerprint density at radius 2 is 2.19 bits per heavy atom. The van der Waals surface area contributed by atoms with E-state index in [-0.39, 0.29) is 30.5 Å². The number of hydrogen-bond donors (Lipinski definition) is 2. The van der Waals surface area contributed by atoms with Gasteiger partial charge in [-0.2, -0.15) is 0 Å². The van der Waals surface area contributed by atoms with Gasteiger partial charge in [0.2, 0.25) is 5.91 Å². The van der Waals surface area contributed by atoms with Gasteiger partial charge in [0, 0.05) is 22.8 Å². The summed E-state index contributed by atoms with van der Waals surface area (Å²) in [4.78, 5) is 25.4. The van der Waals surface area contributed by atoms with Crippen LogP contribution in [0.5, 0.6) is 0 Å². The molecule has 112 valence electrons. The molecule has 0 radical (unpaired) electrons. The van der Waals surface area contributed by atoms with Crippen molar-refractivity contribution in [2.75, 3.05) is 11.9 Å². The molecule has 1 aromatic rings. The Morgan fingerprint density at radius 3 is 2.86 bits per heavy atom. The smallest absolute Gasteiger partial charge is 0.308 e. The van der Waals surface area contributed by atoms with Crippen molar-refractivity contribution in [1.82, 2.24) is 4.90 Å². The van der Waals surface area contributed by atoms with Gasteiger partial charge in [-0.25, -0.2) is 0 Å². The van der Waals surface area contributed by atoms with Crippen LogP contribution in [0.4, 0.5) is 5.69 Å². The number of nitrogens with zero attached hydrogens (tertiary/aromatic N) is 1. The van der Waals surface area contributed by atoms with Crippen molar-refractivity contribution in [3.8, 4) is 0 Å². The van der Waals surface area contributed by atoms with Crippen LogP contribution in [0.2, 0.25) is 5.02 Å². The van der Waals surface area contributed by atoms with Crippen LogP contribution in [0.15, 0.2) is 24.3 Å². The highest BCUT2D eigenvalue weighted by molar-refractivity contribution is 6.30. The number of carboxylic acid groups (broad SMARTS) is 1. The fourth-order valence-electron chi connectivity index (χ4n) is 3.55. The van der Waals surface area contributed by atoms with E-state index in [9.17, 15) is 14.7 Å². The first-order valence-electron chi connectivity index (χ1n) is 7.08. The molecule has 3 unspecified atom stereocenters. The number of rotatable bonds is 4. The third-order valence-electron chi connectivity index (χ3n) is 4.43. The van der Waals surface area contributed by atoms with Gasteiger partial charge in [0.15, 0.2) is 0 Å². The van der Waals surface area contributed by atoms with Gasteiger partial charge >= 0.3 is 5.97 Å². The molecule has 2 aliphatic heterocycles. The van der Waals surface area contributed by atoms with Crippen LogP contribution in [0.1, 0.15) is 19.3 Å². The van der Waals surface area contributed by atoms with E-state index in [1.165, 1.54) is 0 Å². The summed E-state index contributed by atoms with van der Waals surface area (Å²) in [5, 5.41) is 12.6. The molecule has 1 amide bonds. The van der Waals surface area contributed by atoms with Gasteiger partial charge in [-0.05, 0) is 37.5 Å². The summed E-state index contributed by atoms with van der Waals surface area (Å²) < 4.78 is 0. The Kier molecular flexibility index (Phi) is 3.87. The zero-order valence-corrected chi connectivity index (χ0v) is 12.2. The lowest BCUT2D eigenvalue weighted by atomic mass is 9.89. The fraction of sp³-hybridized carbons (Fsp3) is 0.467. The normalized spacial score (nSPS) is 27.8. The van der Waals surface area contributed by atoms with Crippen LogP contribution in [-0.4, -0.2) is 40.5 Å². The summed E-state index contributed by atoms with van der Waals surface area (Å²) in [5.74, 6) is -1.20. The van der Waals surface area contributed by atoms with Gasteiger partial charge in [-0.1, -0.05) is 17.7 Å². The number of fused-ring (bicyclic) bond motifs is 2. The van der Waals surface area contributed by atoms with Gasteiger partial charge in [0.05, 0.1) is 12.5 Å². The number of nitrogens with one attached hydrogen (secondary N) is 1. The molecule has 0 spiro atoms. The van der Waals surface area contributed by atoms with E-state index < -0.39 is 5.97 Å². The standard InChI is InChI=1S/C15H17ClN2O3/c16-9-2-1-3-10(6-9)17-14(19)8-18-11-4-5-13(18)12(7-11)15(20)21/h1-3,6,11-13H,4-5,7-8H2,(H,17,19)(H,20,21). The molecular weight excluding hydrogens is 292 g/mol. The Balaban J connectivity index is 1.62. The molecule has 0 saturated carbocycles. The SMILES string of the molecule is O=C(CN1C2CCC1C(C(=O)O)C2)Nc1cccc(Cl)c1. The van der Waals surface area contributed by atoms with Crippen molar-refractivity contribution in [3.63, 3.8) is 0 Å². The van der Waals surface area contributed by atoms with Gasteiger partial charge in [-0.15, -0.1) is 0 Å². The second kappa shape index (κ2) is 5.66. The number of carboxylic acids is 1. The van der Waals surface area contributed by atoms with E-state index in [4.69, 9.17) is 11.6 Å².